The summed E-state index contributed by atoms with van der Waals surface area (Å²) in [6, 6.07) is 4.89. The first-order valence-corrected chi connectivity index (χ1v) is 9.43. The molecular weight excluding hydrogens is 384 g/mol. The Bertz CT molecular complexity index is 941. The second-order valence-electron chi connectivity index (χ2n) is 6.76. The zero-order valence-corrected chi connectivity index (χ0v) is 16.6. The summed E-state index contributed by atoms with van der Waals surface area (Å²) in [6.45, 7) is 3.15. The van der Waals surface area contributed by atoms with E-state index in [1.807, 2.05) is 0 Å². The third-order valence-corrected chi connectivity index (χ3v) is 4.97. The Hall–Kier alpha value is -2.51. The zero-order chi connectivity index (χ0) is 20.3. The lowest BCUT2D eigenvalue weighted by molar-refractivity contribution is 0.0724. The molecule has 0 spiro atoms. The van der Waals surface area contributed by atoms with Gasteiger partial charge in [-0.2, -0.15) is 0 Å². The van der Waals surface area contributed by atoms with E-state index in [9.17, 15) is 14.7 Å². The van der Waals surface area contributed by atoms with Crippen LogP contribution in [0.15, 0.2) is 23.0 Å². The van der Waals surface area contributed by atoms with Crippen LogP contribution < -0.4 is 10.3 Å². The van der Waals surface area contributed by atoms with Crippen LogP contribution in [0.2, 0.25) is 5.02 Å². The highest BCUT2D eigenvalue weighted by Crippen LogP contribution is 2.32. The van der Waals surface area contributed by atoms with E-state index in [1.54, 1.807) is 31.1 Å². The van der Waals surface area contributed by atoms with Crippen molar-refractivity contribution >= 4 is 17.5 Å². The minimum absolute atomic E-state index is 0.0341. The number of aryl methyl sites for hydroxylation is 1. The average molecular weight is 407 g/mol. The third kappa shape index (κ3) is 4.31. The van der Waals surface area contributed by atoms with Crippen LogP contribution in [0.4, 0.5) is 0 Å². The van der Waals surface area contributed by atoms with E-state index in [2.05, 4.69) is 4.98 Å². The first-order chi connectivity index (χ1) is 13.4. The fourth-order valence-electron chi connectivity index (χ4n) is 3.22. The number of hydrogen-bond acceptors (Lipinski definition) is 5. The Balaban J connectivity index is 1.81. The maximum absolute atomic E-state index is 13.0. The molecule has 150 valence electrons. The molecule has 3 rings (SSSR count). The van der Waals surface area contributed by atoms with Gasteiger partial charge in [0.05, 0.1) is 23.7 Å². The lowest BCUT2D eigenvalue weighted by Crippen LogP contribution is -2.38. The molecule has 28 heavy (non-hydrogen) atoms. The van der Waals surface area contributed by atoms with E-state index in [0.29, 0.717) is 54.6 Å². The number of pyridine rings is 1. The smallest absolute Gasteiger partial charge is 0.256 e. The monoisotopic (exact) mass is 406 g/mol. The number of methoxy groups -OCH3 is 1. The molecule has 1 aliphatic rings. The van der Waals surface area contributed by atoms with Crippen LogP contribution in [0.3, 0.4) is 0 Å². The fraction of sp³-hybridized carbons (Fsp3) is 0.400. The number of aromatic amines is 1. The van der Waals surface area contributed by atoms with Gasteiger partial charge in [-0.3, -0.25) is 9.59 Å². The van der Waals surface area contributed by atoms with Crippen molar-refractivity contribution in [2.45, 2.75) is 26.3 Å². The van der Waals surface area contributed by atoms with E-state index in [-0.39, 0.29) is 23.8 Å². The number of halogens is 1. The predicted octanol–water partition coefficient (Wildman–Crippen LogP) is 2.66. The molecule has 2 heterocycles. The number of aromatic hydroxyl groups is 1. The molecule has 0 atom stereocenters. The van der Waals surface area contributed by atoms with Gasteiger partial charge < -0.3 is 24.5 Å². The molecule has 7 nitrogen and oxygen atoms in total. The number of amides is 1. The Labute approximate surface area is 167 Å². The number of nitrogens with one attached hydrogen (secondary N) is 1. The van der Waals surface area contributed by atoms with Gasteiger partial charge in [0.2, 0.25) is 0 Å². The maximum Gasteiger partial charge on any atom is 0.256 e. The van der Waals surface area contributed by atoms with Crippen LogP contribution in [-0.4, -0.2) is 47.8 Å². The molecule has 0 aliphatic carbocycles. The topological polar surface area (TPSA) is 91.9 Å². The number of nitrogens with zero attached hydrogens (tertiary/aromatic N) is 1. The lowest BCUT2D eigenvalue weighted by Gasteiger charge is -2.29. The van der Waals surface area contributed by atoms with E-state index >= 15 is 0 Å². The first kappa shape index (κ1) is 20.2. The van der Waals surface area contributed by atoms with Gasteiger partial charge in [0.15, 0.2) is 0 Å². The largest absolute Gasteiger partial charge is 0.507 e. The Morgan fingerprint density at radius 2 is 2.04 bits per heavy atom. The van der Waals surface area contributed by atoms with Crippen molar-refractivity contribution in [2.24, 2.45) is 0 Å². The lowest BCUT2D eigenvalue weighted by atomic mass is 9.98. The van der Waals surface area contributed by atoms with Crippen LogP contribution in [0.5, 0.6) is 11.5 Å². The number of carbonyl (C=O) groups is 1. The molecule has 0 radical (unpaired) electrons. The third-order valence-electron chi connectivity index (χ3n) is 4.67. The summed E-state index contributed by atoms with van der Waals surface area (Å²) in [6.07, 6.45) is 1.31. The first-order valence-electron chi connectivity index (χ1n) is 9.06. The standard InChI is InChI=1S/C20H23ClN2O5/c1-12-8-17(24)15(19(25)22-12)11-23-5-4-13-9-16(21)18(10-14(13)20(23)26)28-7-3-6-27-2/h8-10H,3-7,11H2,1-2H3,(H2,22,24,25). The summed E-state index contributed by atoms with van der Waals surface area (Å²) in [5.74, 6) is 0.111. The number of fused-ring (bicyclic) bond motifs is 1. The molecular formula is C20H23ClN2O5. The molecule has 0 bridgehead atoms. The fourth-order valence-corrected chi connectivity index (χ4v) is 3.46. The second kappa shape index (κ2) is 8.67. The van der Waals surface area contributed by atoms with Crippen molar-refractivity contribution in [1.82, 2.24) is 9.88 Å². The Kier molecular flexibility index (Phi) is 6.26. The molecule has 0 saturated carbocycles. The van der Waals surface area contributed by atoms with Gasteiger partial charge in [0, 0.05) is 37.9 Å². The highest BCUT2D eigenvalue weighted by molar-refractivity contribution is 6.32. The number of aromatic nitrogens is 1. The summed E-state index contributed by atoms with van der Waals surface area (Å²) >= 11 is 6.28. The summed E-state index contributed by atoms with van der Waals surface area (Å²) < 4.78 is 10.7. The van der Waals surface area contributed by atoms with Crippen LogP contribution in [-0.2, 0) is 17.7 Å². The average Bonchev–Trinajstić information content (AvgIpc) is 2.64. The Morgan fingerprint density at radius 3 is 2.75 bits per heavy atom. The molecule has 1 aromatic heterocycles. The van der Waals surface area contributed by atoms with Gasteiger partial charge in [0.1, 0.15) is 11.5 Å². The molecule has 8 heteroatoms. The molecule has 2 aromatic rings. The minimum Gasteiger partial charge on any atom is -0.507 e. The number of carbonyl (C=O) groups excluding carboxylic acids is 1. The summed E-state index contributed by atoms with van der Waals surface area (Å²) in [5.41, 5.74) is 1.69. The van der Waals surface area contributed by atoms with E-state index in [0.717, 1.165) is 5.56 Å². The Morgan fingerprint density at radius 1 is 1.25 bits per heavy atom. The van der Waals surface area contributed by atoms with E-state index in [1.165, 1.54) is 6.07 Å². The zero-order valence-electron chi connectivity index (χ0n) is 15.9. The van der Waals surface area contributed by atoms with Crippen molar-refractivity contribution in [1.29, 1.82) is 0 Å². The van der Waals surface area contributed by atoms with Crippen LogP contribution in [0, 0.1) is 6.92 Å². The number of benzene rings is 1. The number of H-pyrrole nitrogens is 1. The molecule has 2 N–H and O–H groups in total. The molecule has 0 saturated heterocycles. The van der Waals surface area contributed by atoms with Gasteiger partial charge in [0.25, 0.3) is 11.5 Å². The van der Waals surface area contributed by atoms with Crippen molar-refractivity contribution in [3.63, 3.8) is 0 Å². The van der Waals surface area contributed by atoms with Crippen molar-refractivity contribution in [3.05, 3.63) is 56.0 Å². The summed E-state index contributed by atoms with van der Waals surface area (Å²) in [4.78, 5) is 29.3. The second-order valence-corrected chi connectivity index (χ2v) is 7.16. The highest BCUT2D eigenvalue weighted by Gasteiger charge is 2.27. The number of ether oxygens (including phenoxy) is 2. The maximum atomic E-state index is 13.0. The van der Waals surface area contributed by atoms with Gasteiger partial charge in [-0.1, -0.05) is 11.6 Å². The van der Waals surface area contributed by atoms with Gasteiger partial charge in [-0.05, 0) is 37.1 Å². The van der Waals surface area contributed by atoms with Crippen LogP contribution in [0.25, 0.3) is 0 Å². The van der Waals surface area contributed by atoms with Gasteiger partial charge in [-0.25, -0.2) is 0 Å². The molecule has 1 aliphatic heterocycles. The highest BCUT2D eigenvalue weighted by atomic mass is 35.5. The molecule has 0 unspecified atom stereocenters. The number of rotatable bonds is 7. The van der Waals surface area contributed by atoms with Crippen molar-refractivity contribution in [3.8, 4) is 11.5 Å². The minimum atomic E-state index is -0.394. The SMILES string of the molecule is COCCCOc1cc2c(cc1Cl)CCN(Cc1c(O)cc(C)[nH]c1=O)C2=O. The quantitative estimate of drug-likeness (QED) is 0.690. The summed E-state index contributed by atoms with van der Waals surface area (Å²) in [5, 5.41) is 10.6. The molecule has 1 amide bonds. The van der Waals surface area contributed by atoms with E-state index < -0.39 is 5.56 Å². The van der Waals surface area contributed by atoms with E-state index in [4.69, 9.17) is 21.1 Å². The van der Waals surface area contributed by atoms with Gasteiger partial charge in [-0.15, -0.1) is 0 Å². The van der Waals surface area contributed by atoms with Gasteiger partial charge >= 0.3 is 0 Å². The summed E-state index contributed by atoms with van der Waals surface area (Å²) in [7, 11) is 1.62. The molecule has 1 aromatic carbocycles. The number of hydrogen-bond donors (Lipinski definition) is 2. The van der Waals surface area contributed by atoms with Crippen LogP contribution >= 0.6 is 11.6 Å². The van der Waals surface area contributed by atoms with Crippen LogP contribution in [0.1, 0.15) is 33.6 Å². The normalized spacial score (nSPS) is 13.5. The predicted molar refractivity (Wildman–Crippen MR) is 105 cm³/mol. The molecule has 0 fully saturated rings. The van der Waals surface area contributed by atoms with Crippen molar-refractivity contribution < 1.29 is 19.4 Å². The van der Waals surface area contributed by atoms with Crippen molar-refractivity contribution in [2.75, 3.05) is 26.9 Å².